The SMILES string of the molecule is O=C(NCc1cccc(NC(=S)Nc2ccccc2F)c1)/C(=C/c1ccc(-c2ccccc2)o1)NC(=O)c1ccccc1. The molecular weight excluding hydrogens is 563 g/mol. The lowest BCUT2D eigenvalue weighted by Gasteiger charge is -2.13. The lowest BCUT2D eigenvalue weighted by molar-refractivity contribution is -0.117. The van der Waals surface area contributed by atoms with Crippen LogP contribution in [0.4, 0.5) is 15.8 Å². The number of hydrogen-bond acceptors (Lipinski definition) is 4. The molecule has 5 rings (SSSR count). The van der Waals surface area contributed by atoms with E-state index in [1.807, 2.05) is 36.4 Å². The molecule has 0 radical (unpaired) electrons. The first kappa shape index (κ1) is 29.0. The van der Waals surface area contributed by atoms with Crippen LogP contribution < -0.4 is 21.3 Å². The zero-order valence-corrected chi connectivity index (χ0v) is 23.7. The number of anilines is 2. The second kappa shape index (κ2) is 13.9. The Morgan fingerprint density at radius 1 is 0.791 bits per heavy atom. The fraction of sp³-hybridized carbons (Fsp3) is 0.0294. The number of thiocarbonyl (C=S) groups is 1. The highest BCUT2D eigenvalue weighted by atomic mass is 32.1. The monoisotopic (exact) mass is 590 g/mol. The molecule has 0 aliphatic heterocycles. The van der Waals surface area contributed by atoms with Crippen molar-refractivity contribution in [2.75, 3.05) is 10.6 Å². The van der Waals surface area contributed by atoms with Crippen molar-refractivity contribution in [1.29, 1.82) is 0 Å². The minimum atomic E-state index is -0.503. The van der Waals surface area contributed by atoms with Gasteiger partial charge in [-0.25, -0.2) is 4.39 Å². The van der Waals surface area contributed by atoms with Gasteiger partial charge in [-0.1, -0.05) is 72.8 Å². The van der Waals surface area contributed by atoms with E-state index in [0.29, 0.717) is 22.8 Å². The van der Waals surface area contributed by atoms with E-state index < -0.39 is 17.6 Å². The number of rotatable bonds is 9. The molecule has 5 aromatic rings. The van der Waals surface area contributed by atoms with E-state index in [-0.39, 0.29) is 23.0 Å². The van der Waals surface area contributed by atoms with Gasteiger partial charge < -0.3 is 25.7 Å². The number of hydrogen-bond donors (Lipinski definition) is 4. The summed E-state index contributed by atoms with van der Waals surface area (Å²) in [6, 6.07) is 35.2. The van der Waals surface area contributed by atoms with Crippen molar-refractivity contribution in [1.82, 2.24) is 10.6 Å². The third-order valence-corrected chi connectivity index (χ3v) is 6.46. The van der Waals surface area contributed by atoms with Crippen LogP contribution in [0.1, 0.15) is 21.7 Å². The Morgan fingerprint density at radius 2 is 1.51 bits per heavy atom. The number of carbonyl (C=O) groups is 2. The van der Waals surface area contributed by atoms with Gasteiger partial charge in [0.1, 0.15) is 23.0 Å². The Hall–Kier alpha value is -5.54. The normalized spacial score (nSPS) is 11.0. The highest BCUT2D eigenvalue weighted by molar-refractivity contribution is 7.80. The molecule has 214 valence electrons. The van der Waals surface area contributed by atoms with Gasteiger partial charge in [0.05, 0.1) is 5.69 Å². The number of amides is 2. The van der Waals surface area contributed by atoms with Gasteiger partial charge in [-0.2, -0.15) is 0 Å². The van der Waals surface area contributed by atoms with Crippen LogP contribution >= 0.6 is 12.2 Å². The van der Waals surface area contributed by atoms with E-state index in [1.165, 1.54) is 12.1 Å². The fourth-order valence-corrected chi connectivity index (χ4v) is 4.38. The predicted octanol–water partition coefficient (Wildman–Crippen LogP) is 6.98. The van der Waals surface area contributed by atoms with Crippen molar-refractivity contribution in [3.63, 3.8) is 0 Å². The fourth-order valence-electron chi connectivity index (χ4n) is 4.16. The maximum absolute atomic E-state index is 14.0. The smallest absolute Gasteiger partial charge is 0.268 e. The van der Waals surface area contributed by atoms with Gasteiger partial charge in [0.2, 0.25) is 0 Å². The topological polar surface area (TPSA) is 95.4 Å². The van der Waals surface area contributed by atoms with Crippen molar-refractivity contribution < 1.29 is 18.4 Å². The number of furan rings is 1. The van der Waals surface area contributed by atoms with E-state index in [9.17, 15) is 14.0 Å². The van der Waals surface area contributed by atoms with Gasteiger partial charge in [0, 0.05) is 29.4 Å². The van der Waals surface area contributed by atoms with Gasteiger partial charge in [-0.15, -0.1) is 0 Å². The first-order chi connectivity index (χ1) is 20.9. The molecule has 0 saturated carbocycles. The zero-order valence-electron chi connectivity index (χ0n) is 22.8. The van der Waals surface area contributed by atoms with Crippen molar-refractivity contribution in [3.05, 3.63) is 150 Å². The maximum atomic E-state index is 14.0. The quantitative estimate of drug-likeness (QED) is 0.109. The molecule has 0 atom stereocenters. The summed E-state index contributed by atoms with van der Waals surface area (Å²) in [7, 11) is 0. The summed E-state index contributed by atoms with van der Waals surface area (Å²) in [4.78, 5) is 26.3. The molecule has 4 N–H and O–H groups in total. The molecule has 4 aromatic carbocycles. The number of halogens is 1. The first-order valence-electron chi connectivity index (χ1n) is 13.4. The van der Waals surface area contributed by atoms with Gasteiger partial charge in [-0.3, -0.25) is 9.59 Å². The standard InChI is InChI=1S/C34H27FN4O3S/c35-28-16-7-8-17-29(28)39-34(43)37-26-15-9-10-23(20-26)22-36-33(41)30(38-32(40)25-13-5-2-6-14-25)21-27-18-19-31(42-27)24-11-3-1-4-12-24/h1-21H,22H2,(H,36,41)(H,38,40)(H2,37,39,43)/b30-21-. The minimum absolute atomic E-state index is 0.0207. The van der Waals surface area contributed by atoms with Crippen LogP contribution in [0, 0.1) is 5.82 Å². The summed E-state index contributed by atoms with van der Waals surface area (Å²) in [5.41, 5.74) is 2.99. The first-order valence-corrected chi connectivity index (χ1v) is 13.8. The number of carbonyl (C=O) groups excluding carboxylic acids is 2. The summed E-state index contributed by atoms with van der Waals surface area (Å²) in [5.74, 6) is -0.319. The molecule has 0 spiro atoms. The van der Waals surface area contributed by atoms with Gasteiger partial charge in [0.15, 0.2) is 5.11 Å². The molecule has 0 saturated heterocycles. The second-order valence-corrected chi connectivity index (χ2v) is 9.80. The summed E-state index contributed by atoms with van der Waals surface area (Å²) < 4.78 is 19.9. The lowest BCUT2D eigenvalue weighted by atomic mass is 10.2. The Balaban J connectivity index is 1.29. The average Bonchev–Trinajstić information content (AvgIpc) is 3.50. The van der Waals surface area contributed by atoms with Gasteiger partial charge >= 0.3 is 0 Å². The highest BCUT2D eigenvalue weighted by Crippen LogP contribution is 2.23. The van der Waals surface area contributed by atoms with Crippen molar-refractivity contribution in [3.8, 4) is 11.3 Å². The van der Waals surface area contributed by atoms with Crippen molar-refractivity contribution in [2.24, 2.45) is 0 Å². The Kier molecular flexibility index (Phi) is 9.35. The van der Waals surface area contributed by atoms with E-state index in [4.69, 9.17) is 16.6 Å². The van der Waals surface area contributed by atoms with Gasteiger partial charge in [-0.05, 0) is 66.3 Å². The van der Waals surface area contributed by atoms with Crippen LogP contribution in [0.15, 0.2) is 131 Å². The molecule has 0 fully saturated rings. The zero-order chi connectivity index (χ0) is 30.0. The van der Waals surface area contributed by atoms with Crippen LogP contribution in [0.3, 0.4) is 0 Å². The number of benzene rings is 4. The van der Waals surface area contributed by atoms with Crippen LogP contribution in [0.2, 0.25) is 0 Å². The number of nitrogens with one attached hydrogen (secondary N) is 4. The van der Waals surface area contributed by atoms with Crippen molar-refractivity contribution in [2.45, 2.75) is 6.54 Å². The maximum Gasteiger partial charge on any atom is 0.268 e. The van der Waals surface area contributed by atoms with Gasteiger partial charge in [0.25, 0.3) is 11.8 Å². The molecule has 9 heteroatoms. The van der Waals surface area contributed by atoms with Crippen LogP contribution in [0.5, 0.6) is 0 Å². The van der Waals surface area contributed by atoms with E-state index in [2.05, 4.69) is 21.3 Å². The lowest BCUT2D eigenvalue weighted by Crippen LogP contribution is -2.34. The number of para-hydroxylation sites is 1. The van der Waals surface area contributed by atoms with Crippen LogP contribution in [-0.4, -0.2) is 16.9 Å². The van der Waals surface area contributed by atoms with Crippen LogP contribution in [-0.2, 0) is 11.3 Å². The molecule has 7 nitrogen and oxygen atoms in total. The Labute approximate surface area is 253 Å². The molecular formula is C34H27FN4O3S. The predicted molar refractivity (Wildman–Crippen MR) is 171 cm³/mol. The molecule has 43 heavy (non-hydrogen) atoms. The summed E-state index contributed by atoms with van der Waals surface area (Å²) in [5, 5.41) is 11.6. The molecule has 0 unspecified atom stereocenters. The third-order valence-electron chi connectivity index (χ3n) is 6.26. The Morgan fingerprint density at radius 3 is 2.28 bits per heavy atom. The van der Waals surface area contributed by atoms with E-state index >= 15 is 0 Å². The summed E-state index contributed by atoms with van der Waals surface area (Å²) in [6.45, 7) is 0.161. The molecule has 0 bridgehead atoms. The molecule has 2 amide bonds. The molecule has 1 aromatic heterocycles. The minimum Gasteiger partial charge on any atom is -0.457 e. The summed E-state index contributed by atoms with van der Waals surface area (Å²) in [6.07, 6.45) is 1.49. The van der Waals surface area contributed by atoms with Crippen LogP contribution in [0.25, 0.3) is 17.4 Å². The third kappa shape index (κ3) is 8.02. The molecule has 0 aliphatic rings. The Bertz CT molecular complexity index is 1770. The van der Waals surface area contributed by atoms with E-state index in [1.54, 1.807) is 78.9 Å². The molecule has 1 heterocycles. The van der Waals surface area contributed by atoms with E-state index in [0.717, 1.165) is 11.1 Å². The average molecular weight is 591 g/mol. The van der Waals surface area contributed by atoms with Crippen molar-refractivity contribution >= 4 is 46.6 Å². The molecule has 0 aliphatic carbocycles. The summed E-state index contributed by atoms with van der Waals surface area (Å²) >= 11 is 5.32. The second-order valence-electron chi connectivity index (χ2n) is 9.39. The highest BCUT2D eigenvalue weighted by Gasteiger charge is 2.16. The largest absolute Gasteiger partial charge is 0.457 e.